The Morgan fingerprint density at radius 1 is 1.29 bits per heavy atom. The second kappa shape index (κ2) is 5.07. The third-order valence-corrected chi connectivity index (χ3v) is 1.96. The van der Waals surface area contributed by atoms with Crippen molar-refractivity contribution in [3.8, 4) is 12.0 Å². The summed E-state index contributed by atoms with van der Waals surface area (Å²) in [7, 11) is 0. The summed E-state index contributed by atoms with van der Waals surface area (Å²) in [4.78, 5) is 0. The van der Waals surface area contributed by atoms with Gasteiger partial charge < -0.3 is 10.4 Å². The second-order valence-electron chi connectivity index (χ2n) is 4.70. The van der Waals surface area contributed by atoms with Crippen LogP contribution in [-0.2, 0) is 0 Å². The van der Waals surface area contributed by atoms with Crippen LogP contribution in [0.3, 0.4) is 0 Å². The van der Waals surface area contributed by atoms with E-state index in [4.69, 9.17) is 5.11 Å². The highest BCUT2D eigenvalue weighted by molar-refractivity contribution is 5.07. The van der Waals surface area contributed by atoms with E-state index in [2.05, 4.69) is 31.2 Å². The SMILES string of the molecule is CC=CC(C)(C)NCC(C)(C)C#CO. The van der Waals surface area contributed by atoms with Crippen LogP contribution in [0.4, 0.5) is 0 Å². The molecular formula is C12H21NO. The van der Waals surface area contributed by atoms with Crippen LogP contribution in [0.2, 0.25) is 0 Å². The van der Waals surface area contributed by atoms with Crippen molar-refractivity contribution in [3.05, 3.63) is 12.2 Å². The lowest BCUT2D eigenvalue weighted by Gasteiger charge is -2.27. The highest BCUT2D eigenvalue weighted by Crippen LogP contribution is 2.14. The lowest BCUT2D eigenvalue weighted by Crippen LogP contribution is -2.42. The number of hydrogen-bond donors (Lipinski definition) is 2. The second-order valence-corrected chi connectivity index (χ2v) is 4.70. The van der Waals surface area contributed by atoms with Gasteiger partial charge in [-0.2, -0.15) is 0 Å². The minimum absolute atomic E-state index is 0.0246. The molecule has 2 N–H and O–H groups in total. The molecule has 0 atom stereocenters. The Morgan fingerprint density at radius 2 is 1.86 bits per heavy atom. The molecule has 14 heavy (non-hydrogen) atoms. The Morgan fingerprint density at radius 3 is 2.29 bits per heavy atom. The molecule has 2 heteroatoms. The molecule has 0 aliphatic carbocycles. The smallest absolute Gasteiger partial charge is 0.108 e. The summed E-state index contributed by atoms with van der Waals surface area (Å²) in [5, 5.41) is 11.9. The number of allylic oxidation sites excluding steroid dienone is 1. The number of hydrogen-bond acceptors (Lipinski definition) is 2. The lowest BCUT2D eigenvalue weighted by molar-refractivity contribution is 0.375. The van der Waals surface area contributed by atoms with Gasteiger partial charge in [0, 0.05) is 17.5 Å². The Hall–Kier alpha value is -0.940. The molecule has 0 aliphatic rings. The highest BCUT2D eigenvalue weighted by atomic mass is 16.2. The minimum atomic E-state index is -0.201. The molecule has 0 spiro atoms. The zero-order valence-electron chi connectivity index (χ0n) is 9.81. The van der Waals surface area contributed by atoms with Gasteiger partial charge in [0.1, 0.15) is 6.11 Å². The first-order valence-corrected chi connectivity index (χ1v) is 4.88. The Kier molecular flexibility index (Phi) is 4.73. The summed E-state index contributed by atoms with van der Waals surface area (Å²) in [5.74, 6) is 2.76. The average Bonchev–Trinajstić information content (AvgIpc) is 2.01. The first kappa shape index (κ1) is 13.1. The van der Waals surface area contributed by atoms with Crippen LogP contribution in [-0.4, -0.2) is 17.2 Å². The molecule has 0 saturated heterocycles. The summed E-state index contributed by atoms with van der Waals surface area (Å²) in [6.45, 7) is 11.0. The molecule has 0 amide bonds. The van der Waals surface area contributed by atoms with Crippen LogP contribution in [0, 0.1) is 17.4 Å². The average molecular weight is 195 g/mol. The Balaban J connectivity index is 4.22. The molecule has 0 heterocycles. The van der Waals surface area contributed by atoms with Crippen molar-refractivity contribution in [2.24, 2.45) is 5.41 Å². The predicted octanol–water partition coefficient (Wildman–Crippen LogP) is 2.29. The van der Waals surface area contributed by atoms with Crippen molar-refractivity contribution in [1.29, 1.82) is 0 Å². The molecule has 0 fully saturated rings. The van der Waals surface area contributed by atoms with Crippen molar-refractivity contribution in [3.63, 3.8) is 0 Å². The molecule has 0 aromatic rings. The fourth-order valence-corrected chi connectivity index (χ4v) is 1.12. The van der Waals surface area contributed by atoms with E-state index < -0.39 is 0 Å². The van der Waals surface area contributed by atoms with Crippen molar-refractivity contribution in [2.45, 2.75) is 40.2 Å². The van der Waals surface area contributed by atoms with E-state index in [9.17, 15) is 0 Å². The lowest BCUT2D eigenvalue weighted by atomic mass is 9.93. The van der Waals surface area contributed by atoms with Gasteiger partial charge in [-0.25, -0.2) is 0 Å². The largest absolute Gasteiger partial charge is 0.462 e. The monoisotopic (exact) mass is 195 g/mol. The van der Waals surface area contributed by atoms with Crippen LogP contribution in [0.15, 0.2) is 12.2 Å². The highest BCUT2D eigenvalue weighted by Gasteiger charge is 2.19. The van der Waals surface area contributed by atoms with Gasteiger partial charge in [0.15, 0.2) is 0 Å². The van der Waals surface area contributed by atoms with E-state index in [1.807, 2.05) is 33.0 Å². The molecule has 80 valence electrons. The zero-order chi connectivity index (χ0) is 11.2. The maximum absolute atomic E-state index is 8.53. The van der Waals surface area contributed by atoms with E-state index in [0.29, 0.717) is 0 Å². The number of aliphatic hydroxyl groups excluding tert-OH is 1. The summed E-state index contributed by atoms with van der Waals surface area (Å²) in [5.41, 5.74) is -0.225. The van der Waals surface area contributed by atoms with Gasteiger partial charge in [0.25, 0.3) is 0 Å². The first-order valence-electron chi connectivity index (χ1n) is 4.88. The fraction of sp³-hybridized carbons (Fsp3) is 0.667. The molecule has 0 aromatic carbocycles. The number of aliphatic hydroxyl groups is 1. The predicted molar refractivity (Wildman–Crippen MR) is 60.4 cm³/mol. The number of rotatable bonds is 4. The Labute approximate surface area is 87.4 Å². The van der Waals surface area contributed by atoms with Crippen molar-refractivity contribution in [2.75, 3.05) is 6.54 Å². The molecule has 0 aliphatic heterocycles. The van der Waals surface area contributed by atoms with Gasteiger partial charge in [-0.15, -0.1) is 0 Å². The summed E-state index contributed by atoms with van der Waals surface area (Å²) in [6, 6.07) is 0. The molecule has 0 radical (unpaired) electrons. The van der Waals surface area contributed by atoms with Crippen molar-refractivity contribution < 1.29 is 5.11 Å². The van der Waals surface area contributed by atoms with Crippen LogP contribution >= 0.6 is 0 Å². The van der Waals surface area contributed by atoms with Crippen LogP contribution in [0.25, 0.3) is 0 Å². The maximum atomic E-state index is 8.53. The van der Waals surface area contributed by atoms with Gasteiger partial charge in [-0.05, 0) is 34.6 Å². The van der Waals surface area contributed by atoms with Gasteiger partial charge in [0.2, 0.25) is 0 Å². The van der Waals surface area contributed by atoms with Crippen molar-refractivity contribution >= 4 is 0 Å². The zero-order valence-corrected chi connectivity index (χ0v) is 9.81. The third kappa shape index (κ3) is 5.66. The van der Waals surface area contributed by atoms with Crippen molar-refractivity contribution in [1.82, 2.24) is 5.32 Å². The standard InChI is InChI=1S/C12H21NO/c1-6-7-12(4,5)13-10-11(2,3)8-9-14/h6-7,13-14H,10H2,1-5H3. The first-order chi connectivity index (χ1) is 6.33. The van der Waals surface area contributed by atoms with E-state index in [1.165, 1.54) is 0 Å². The van der Waals surface area contributed by atoms with Crippen LogP contribution in [0.1, 0.15) is 34.6 Å². The molecular weight excluding hydrogens is 174 g/mol. The molecule has 0 bridgehead atoms. The summed E-state index contributed by atoms with van der Waals surface area (Å²) in [6.07, 6.45) is 6.10. The fourth-order valence-electron chi connectivity index (χ4n) is 1.12. The summed E-state index contributed by atoms with van der Waals surface area (Å²) >= 11 is 0. The van der Waals surface area contributed by atoms with E-state index in [-0.39, 0.29) is 11.0 Å². The Bertz CT molecular complexity index is 253. The van der Waals surface area contributed by atoms with E-state index >= 15 is 0 Å². The number of nitrogens with one attached hydrogen (secondary N) is 1. The van der Waals surface area contributed by atoms with Gasteiger partial charge in [0.05, 0.1) is 0 Å². The van der Waals surface area contributed by atoms with Crippen LogP contribution < -0.4 is 5.32 Å². The van der Waals surface area contributed by atoms with Crippen LogP contribution in [0.5, 0.6) is 0 Å². The normalized spacial score (nSPS) is 12.6. The molecule has 2 nitrogen and oxygen atoms in total. The molecule has 0 saturated carbocycles. The van der Waals surface area contributed by atoms with E-state index in [1.54, 1.807) is 0 Å². The third-order valence-electron chi connectivity index (χ3n) is 1.96. The summed E-state index contributed by atoms with van der Waals surface area (Å²) < 4.78 is 0. The van der Waals surface area contributed by atoms with E-state index in [0.717, 1.165) is 6.54 Å². The van der Waals surface area contributed by atoms with Gasteiger partial charge in [-0.1, -0.05) is 18.1 Å². The van der Waals surface area contributed by atoms with Gasteiger partial charge >= 0.3 is 0 Å². The topological polar surface area (TPSA) is 32.3 Å². The minimum Gasteiger partial charge on any atom is -0.462 e. The van der Waals surface area contributed by atoms with Gasteiger partial charge in [-0.3, -0.25) is 0 Å². The quantitative estimate of drug-likeness (QED) is 0.533. The molecule has 0 unspecified atom stereocenters. The maximum Gasteiger partial charge on any atom is 0.108 e. The molecule has 0 aromatic heterocycles. The molecule has 0 rings (SSSR count).